The average molecular weight is 474 g/mol. The van der Waals surface area contributed by atoms with Gasteiger partial charge in [-0.15, -0.1) is 24.0 Å². The molecule has 0 aliphatic heterocycles. The van der Waals surface area contributed by atoms with Crippen molar-refractivity contribution in [1.82, 2.24) is 16.0 Å². The topological polar surface area (TPSA) is 65.5 Å². The third kappa shape index (κ3) is 9.99. The van der Waals surface area contributed by atoms with Crippen LogP contribution in [0.2, 0.25) is 0 Å². The van der Waals surface area contributed by atoms with E-state index in [2.05, 4.69) is 41.7 Å². The van der Waals surface area contributed by atoms with Gasteiger partial charge < -0.3 is 16.0 Å². The number of carbonyl (C=O) groups is 1. The number of halogens is 1. The first-order valence-electron chi connectivity index (χ1n) is 9.52. The Bertz CT molecular complexity index is 531. The van der Waals surface area contributed by atoms with E-state index in [4.69, 9.17) is 0 Å². The zero-order chi connectivity index (χ0) is 18.5. The molecule has 1 aromatic rings. The first-order valence-corrected chi connectivity index (χ1v) is 9.52. The van der Waals surface area contributed by atoms with E-state index in [9.17, 15) is 4.79 Å². The van der Waals surface area contributed by atoms with Crippen molar-refractivity contribution < 1.29 is 4.79 Å². The second-order valence-electron chi connectivity index (χ2n) is 6.31. The number of nitrogens with one attached hydrogen (secondary N) is 3. The Kier molecular flexibility index (Phi) is 14.1. The Morgan fingerprint density at radius 1 is 1.08 bits per heavy atom. The fourth-order valence-electron chi connectivity index (χ4n) is 2.26. The largest absolute Gasteiger partial charge is 0.357 e. The monoisotopic (exact) mass is 474 g/mol. The molecule has 0 saturated heterocycles. The molecule has 0 aromatic heterocycles. The number of benzene rings is 1. The maximum Gasteiger partial charge on any atom is 0.251 e. The van der Waals surface area contributed by atoms with Crippen molar-refractivity contribution in [3.8, 4) is 0 Å². The van der Waals surface area contributed by atoms with Gasteiger partial charge in [-0.25, -0.2) is 4.99 Å². The van der Waals surface area contributed by atoms with Gasteiger partial charge in [0.1, 0.15) is 0 Å². The highest BCUT2D eigenvalue weighted by molar-refractivity contribution is 14.0. The minimum atomic E-state index is -0.0182. The van der Waals surface area contributed by atoms with Crippen LogP contribution in [-0.2, 0) is 6.54 Å². The number of rotatable bonds is 10. The standard InChI is InChI=1S/C20H34N4O.HI/c1-5-8-9-14-22-20(21-7-3)23-15-17-10-12-18(13-11-17)19(25)24-16(4)6-2;/h10-13,16H,5-9,14-15H2,1-4H3,(H,24,25)(H2,21,22,23);1H. The molecule has 1 unspecified atom stereocenters. The second kappa shape index (κ2) is 14.8. The van der Waals surface area contributed by atoms with Gasteiger partial charge >= 0.3 is 0 Å². The molecule has 0 aliphatic carbocycles. The predicted octanol–water partition coefficient (Wildman–Crippen LogP) is 4.08. The molecule has 0 fully saturated rings. The number of hydrogen-bond donors (Lipinski definition) is 3. The molecule has 0 aliphatic rings. The quantitative estimate of drug-likeness (QED) is 0.207. The normalized spacial score (nSPS) is 12.1. The van der Waals surface area contributed by atoms with Crippen LogP contribution in [0.1, 0.15) is 69.3 Å². The molecule has 6 heteroatoms. The van der Waals surface area contributed by atoms with Crippen molar-refractivity contribution in [2.45, 2.75) is 66.0 Å². The lowest BCUT2D eigenvalue weighted by atomic mass is 10.1. The molecular weight excluding hydrogens is 439 g/mol. The van der Waals surface area contributed by atoms with Crippen LogP contribution in [0.5, 0.6) is 0 Å². The van der Waals surface area contributed by atoms with E-state index in [1.165, 1.54) is 12.8 Å². The zero-order valence-electron chi connectivity index (χ0n) is 16.6. The molecule has 1 rings (SSSR count). The lowest BCUT2D eigenvalue weighted by Crippen LogP contribution is -2.37. The predicted molar refractivity (Wildman–Crippen MR) is 121 cm³/mol. The summed E-state index contributed by atoms with van der Waals surface area (Å²) in [4.78, 5) is 16.7. The van der Waals surface area contributed by atoms with Crippen LogP contribution >= 0.6 is 24.0 Å². The van der Waals surface area contributed by atoms with Gasteiger partial charge in [-0.05, 0) is 44.4 Å². The Morgan fingerprint density at radius 2 is 1.77 bits per heavy atom. The number of hydrogen-bond acceptors (Lipinski definition) is 2. The molecule has 3 N–H and O–H groups in total. The van der Waals surface area contributed by atoms with E-state index < -0.39 is 0 Å². The molecule has 0 heterocycles. The highest BCUT2D eigenvalue weighted by Gasteiger charge is 2.08. The molecule has 0 saturated carbocycles. The summed E-state index contributed by atoms with van der Waals surface area (Å²) in [6.07, 6.45) is 4.52. The molecule has 1 amide bonds. The molecule has 0 bridgehead atoms. The first-order chi connectivity index (χ1) is 12.1. The van der Waals surface area contributed by atoms with Crippen molar-refractivity contribution in [2.75, 3.05) is 13.1 Å². The van der Waals surface area contributed by atoms with Crippen LogP contribution in [-0.4, -0.2) is 31.0 Å². The molecule has 1 aromatic carbocycles. The third-order valence-electron chi connectivity index (χ3n) is 4.04. The fourth-order valence-corrected chi connectivity index (χ4v) is 2.26. The summed E-state index contributed by atoms with van der Waals surface area (Å²) in [6, 6.07) is 7.86. The lowest BCUT2D eigenvalue weighted by molar-refractivity contribution is 0.0939. The van der Waals surface area contributed by atoms with Gasteiger partial charge in [0, 0.05) is 24.7 Å². The maximum atomic E-state index is 12.1. The zero-order valence-corrected chi connectivity index (χ0v) is 18.9. The van der Waals surface area contributed by atoms with Crippen LogP contribution in [0.4, 0.5) is 0 Å². The van der Waals surface area contributed by atoms with E-state index in [1.54, 1.807) is 0 Å². The second-order valence-corrected chi connectivity index (χ2v) is 6.31. The summed E-state index contributed by atoms with van der Waals surface area (Å²) in [5.41, 5.74) is 1.78. The smallest absolute Gasteiger partial charge is 0.251 e. The Morgan fingerprint density at radius 3 is 2.35 bits per heavy atom. The van der Waals surface area contributed by atoms with Gasteiger partial charge in [0.15, 0.2) is 5.96 Å². The number of aliphatic imine (C=N–C) groups is 1. The van der Waals surface area contributed by atoms with Gasteiger partial charge in [0.2, 0.25) is 0 Å². The molecule has 0 radical (unpaired) electrons. The highest BCUT2D eigenvalue weighted by atomic mass is 127. The van der Waals surface area contributed by atoms with Gasteiger partial charge in [-0.1, -0.05) is 38.8 Å². The van der Waals surface area contributed by atoms with Crippen molar-refractivity contribution in [1.29, 1.82) is 0 Å². The Balaban J connectivity index is 0.00000625. The summed E-state index contributed by atoms with van der Waals surface area (Å²) in [5, 5.41) is 9.60. The van der Waals surface area contributed by atoms with Crippen molar-refractivity contribution in [3.05, 3.63) is 35.4 Å². The summed E-state index contributed by atoms with van der Waals surface area (Å²) in [7, 11) is 0. The molecule has 26 heavy (non-hydrogen) atoms. The Labute approximate surface area is 175 Å². The van der Waals surface area contributed by atoms with Gasteiger partial charge in [-0.3, -0.25) is 4.79 Å². The third-order valence-corrected chi connectivity index (χ3v) is 4.04. The van der Waals surface area contributed by atoms with Crippen LogP contribution in [0, 0.1) is 0 Å². The van der Waals surface area contributed by atoms with E-state index in [0.29, 0.717) is 12.1 Å². The highest BCUT2D eigenvalue weighted by Crippen LogP contribution is 2.06. The fraction of sp³-hybridized carbons (Fsp3) is 0.600. The average Bonchev–Trinajstić information content (AvgIpc) is 2.63. The van der Waals surface area contributed by atoms with Crippen molar-refractivity contribution in [3.63, 3.8) is 0 Å². The number of guanidine groups is 1. The van der Waals surface area contributed by atoms with E-state index in [0.717, 1.165) is 37.5 Å². The maximum absolute atomic E-state index is 12.1. The SMILES string of the molecule is CCCCCNC(=NCc1ccc(C(=O)NC(C)CC)cc1)NCC.I. The van der Waals surface area contributed by atoms with Crippen LogP contribution in [0.25, 0.3) is 0 Å². The van der Waals surface area contributed by atoms with E-state index in [-0.39, 0.29) is 35.9 Å². The van der Waals surface area contributed by atoms with Crippen LogP contribution < -0.4 is 16.0 Å². The lowest BCUT2D eigenvalue weighted by Gasteiger charge is -2.12. The summed E-state index contributed by atoms with van der Waals surface area (Å²) in [6.45, 7) is 10.7. The first kappa shape index (κ1) is 24.7. The minimum Gasteiger partial charge on any atom is -0.357 e. The number of carbonyl (C=O) groups excluding carboxylic acids is 1. The molecule has 148 valence electrons. The van der Waals surface area contributed by atoms with Crippen LogP contribution in [0.15, 0.2) is 29.3 Å². The molecular formula is C20H35IN4O. The van der Waals surface area contributed by atoms with Gasteiger partial charge in [0.25, 0.3) is 5.91 Å². The summed E-state index contributed by atoms with van der Waals surface area (Å²) < 4.78 is 0. The number of unbranched alkanes of at least 4 members (excludes halogenated alkanes) is 2. The minimum absolute atomic E-state index is 0. The van der Waals surface area contributed by atoms with Gasteiger partial charge in [0.05, 0.1) is 6.54 Å². The van der Waals surface area contributed by atoms with E-state index in [1.807, 2.05) is 31.2 Å². The van der Waals surface area contributed by atoms with Crippen LogP contribution in [0.3, 0.4) is 0 Å². The molecule has 1 atom stereocenters. The van der Waals surface area contributed by atoms with Crippen molar-refractivity contribution >= 4 is 35.8 Å². The molecule has 0 spiro atoms. The van der Waals surface area contributed by atoms with E-state index >= 15 is 0 Å². The van der Waals surface area contributed by atoms with Crippen molar-refractivity contribution in [2.24, 2.45) is 4.99 Å². The van der Waals surface area contributed by atoms with Gasteiger partial charge in [-0.2, -0.15) is 0 Å². The Hall–Kier alpha value is -1.31. The molecule has 5 nitrogen and oxygen atoms in total. The summed E-state index contributed by atoms with van der Waals surface area (Å²) in [5.74, 6) is 0.826. The number of nitrogens with zero attached hydrogens (tertiary/aromatic N) is 1. The number of amides is 1. The summed E-state index contributed by atoms with van der Waals surface area (Å²) >= 11 is 0.